The van der Waals surface area contributed by atoms with Gasteiger partial charge < -0.3 is 14.9 Å². The zero-order valence-electron chi connectivity index (χ0n) is 9.15. The van der Waals surface area contributed by atoms with Crippen molar-refractivity contribution in [2.24, 2.45) is 0 Å². The van der Waals surface area contributed by atoms with Crippen molar-refractivity contribution in [2.75, 3.05) is 7.11 Å². The van der Waals surface area contributed by atoms with Crippen molar-refractivity contribution >= 4 is 11.7 Å². The molecule has 8 heteroatoms. The second-order valence-electron chi connectivity index (χ2n) is 3.19. The van der Waals surface area contributed by atoms with E-state index in [9.17, 15) is 20.0 Å². The molecule has 1 aromatic rings. The van der Waals surface area contributed by atoms with Gasteiger partial charge in [-0.3, -0.25) is 10.1 Å². The summed E-state index contributed by atoms with van der Waals surface area (Å²) in [5.41, 5.74) is -1.16. The van der Waals surface area contributed by atoms with Crippen molar-refractivity contribution in [3.8, 4) is 11.8 Å². The van der Waals surface area contributed by atoms with Gasteiger partial charge in [-0.1, -0.05) is 0 Å². The molecule has 1 atom stereocenters. The Hall–Kier alpha value is -2.66. The number of ether oxygens (including phenoxy) is 1. The third-order valence-electron chi connectivity index (χ3n) is 2.21. The number of nitro benzene ring substituents is 1. The SMILES string of the molecule is COc1c(C(O)C(=O)O)ccc([N+](=O)[O-])c1C#N. The molecule has 0 amide bonds. The Morgan fingerprint density at radius 2 is 2.22 bits per heavy atom. The summed E-state index contributed by atoms with van der Waals surface area (Å²) < 4.78 is 4.78. The monoisotopic (exact) mass is 252 g/mol. The lowest BCUT2D eigenvalue weighted by molar-refractivity contribution is -0.385. The maximum absolute atomic E-state index is 10.7. The first-order valence-corrected chi connectivity index (χ1v) is 4.60. The molecule has 0 aromatic heterocycles. The minimum atomic E-state index is -1.92. The number of hydrogen-bond donors (Lipinski definition) is 2. The van der Waals surface area contributed by atoms with Crippen LogP contribution in [0.15, 0.2) is 12.1 Å². The predicted octanol–water partition coefficient (Wildman–Crippen LogP) is 0.593. The fourth-order valence-electron chi connectivity index (χ4n) is 1.42. The van der Waals surface area contributed by atoms with Crippen molar-refractivity contribution in [1.82, 2.24) is 0 Å². The average Bonchev–Trinajstić information content (AvgIpc) is 2.35. The summed E-state index contributed by atoms with van der Waals surface area (Å²) in [4.78, 5) is 20.6. The lowest BCUT2D eigenvalue weighted by Crippen LogP contribution is -2.12. The Morgan fingerprint density at radius 1 is 1.61 bits per heavy atom. The number of hydrogen-bond acceptors (Lipinski definition) is 6. The zero-order valence-corrected chi connectivity index (χ0v) is 9.15. The van der Waals surface area contributed by atoms with Gasteiger partial charge in [-0.25, -0.2) is 4.79 Å². The summed E-state index contributed by atoms with van der Waals surface area (Å²) in [5, 5.41) is 37.6. The minimum absolute atomic E-state index is 0.216. The highest BCUT2D eigenvalue weighted by molar-refractivity contribution is 5.77. The molecule has 0 bridgehead atoms. The molecule has 0 fully saturated rings. The van der Waals surface area contributed by atoms with E-state index < -0.39 is 28.2 Å². The van der Waals surface area contributed by atoms with Crippen LogP contribution in [0.2, 0.25) is 0 Å². The number of rotatable bonds is 4. The van der Waals surface area contributed by atoms with E-state index in [4.69, 9.17) is 15.1 Å². The van der Waals surface area contributed by atoms with Crippen LogP contribution in [0, 0.1) is 21.4 Å². The van der Waals surface area contributed by atoms with Crippen LogP contribution in [-0.4, -0.2) is 28.2 Å². The van der Waals surface area contributed by atoms with Gasteiger partial charge in [0.15, 0.2) is 11.7 Å². The summed E-state index contributed by atoms with van der Waals surface area (Å²) in [7, 11) is 1.12. The van der Waals surface area contributed by atoms with E-state index in [-0.39, 0.29) is 11.3 Å². The number of nitrogens with zero attached hydrogens (tertiary/aromatic N) is 2. The molecule has 94 valence electrons. The van der Waals surface area contributed by atoms with Crippen LogP contribution in [0.5, 0.6) is 5.75 Å². The first-order valence-electron chi connectivity index (χ1n) is 4.60. The summed E-state index contributed by atoms with van der Waals surface area (Å²) in [6.07, 6.45) is -1.92. The number of carboxylic acids is 1. The molecule has 0 spiro atoms. The first kappa shape index (κ1) is 13.4. The van der Waals surface area contributed by atoms with Gasteiger partial charge >= 0.3 is 5.97 Å². The normalized spacial score (nSPS) is 11.4. The zero-order chi connectivity index (χ0) is 13.9. The molecule has 18 heavy (non-hydrogen) atoms. The number of aliphatic hydroxyl groups is 1. The Labute approximate surface area is 101 Å². The number of aliphatic hydroxyl groups excluding tert-OH is 1. The summed E-state index contributed by atoms with van der Waals surface area (Å²) in [6.45, 7) is 0. The first-order chi connectivity index (χ1) is 8.43. The van der Waals surface area contributed by atoms with E-state index in [0.29, 0.717) is 0 Å². The van der Waals surface area contributed by atoms with Gasteiger partial charge in [0.25, 0.3) is 5.69 Å². The van der Waals surface area contributed by atoms with Crippen LogP contribution in [0.1, 0.15) is 17.2 Å². The lowest BCUT2D eigenvalue weighted by atomic mass is 10.0. The highest BCUT2D eigenvalue weighted by Gasteiger charge is 2.27. The molecule has 0 heterocycles. The molecular formula is C10H8N2O6. The van der Waals surface area contributed by atoms with Crippen molar-refractivity contribution in [3.63, 3.8) is 0 Å². The lowest BCUT2D eigenvalue weighted by Gasteiger charge is -2.12. The van der Waals surface area contributed by atoms with E-state index in [2.05, 4.69) is 0 Å². The molecule has 0 aliphatic carbocycles. The maximum Gasteiger partial charge on any atom is 0.337 e. The van der Waals surface area contributed by atoms with E-state index in [0.717, 1.165) is 19.2 Å². The van der Waals surface area contributed by atoms with Gasteiger partial charge in [0, 0.05) is 11.6 Å². The van der Waals surface area contributed by atoms with Crippen LogP contribution >= 0.6 is 0 Å². The fourth-order valence-corrected chi connectivity index (χ4v) is 1.42. The molecule has 2 N–H and O–H groups in total. The van der Waals surface area contributed by atoms with Gasteiger partial charge in [-0.05, 0) is 6.07 Å². The van der Waals surface area contributed by atoms with Crippen LogP contribution in [0.4, 0.5) is 5.69 Å². The Morgan fingerprint density at radius 3 is 2.61 bits per heavy atom. The molecule has 1 unspecified atom stereocenters. The van der Waals surface area contributed by atoms with Crippen molar-refractivity contribution in [1.29, 1.82) is 5.26 Å². The van der Waals surface area contributed by atoms with Gasteiger partial charge in [0.2, 0.25) is 0 Å². The Bertz CT molecular complexity index is 548. The molecule has 0 aliphatic rings. The number of carbonyl (C=O) groups is 1. The predicted molar refractivity (Wildman–Crippen MR) is 57.0 cm³/mol. The van der Waals surface area contributed by atoms with Crippen molar-refractivity contribution in [3.05, 3.63) is 33.4 Å². The second kappa shape index (κ2) is 5.11. The smallest absolute Gasteiger partial charge is 0.337 e. The third kappa shape index (κ3) is 2.21. The third-order valence-corrected chi connectivity index (χ3v) is 2.21. The number of carboxylic acid groups (broad SMARTS) is 1. The Kier molecular flexibility index (Phi) is 3.81. The number of nitriles is 1. The largest absolute Gasteiger partial charge is 0.495 e. The minimum Gasteiger partial charge on any atom is -0.495 e. The van der Waals surface area contributed by atoms with Crippen LogP contribution in [0.3, 0.4) is 0 Å². The summed E-state index contributed by atoms with van der Waals surface area (Å²) in [5.74, 6) is -1.87. The van der Waals surface area contributed by atoms with Crippen LogP contribution in [-0.2, 0) is 4.79 Å². The molecule has 1 aromatic carbocycles. The van der Waals surface area contributed by atoms with Gasteiger partial charge in [-0.2, -0.15) is 5.26 Å². The van der Waals surface area contributed by atoms with Crippen molar-refractivity contribution in [2.45, 2.75) is 6.10 Å². The average molecular weight is 252 g/mol. The number of benzene rings is 1. The molecule has 0 aliphatic heterocycles. The van der Waals surface area contributed by atoms with Crippen LogP contribution < -0.4 is 4.74 Å². The number of nitro groups is 1. The molecule has 8 nitrogen and oxygen atoms in total. The molecule has 1 rings (SSSR count). The molecule has 0 radical (unpaired) electrons. The van der Waals surface area contributed by atoms with Crippen molar-refractivity contribution < 1.29 is 24.7 Å². The van der Waals surface area contributed by atoms with E-state index in [1.807, 2.05) is 0 Å². The number of aliphatic carboxylic acids is 1. The van der Waals surface area contributed by atoms with Gasteiger partial charge in [0.05, 0.1) is 12.0 Å². The molecule has 0 saturated carbocycles. The van der Waals surface area contributed by atoms with E-state index in [1.165, 1.54) is 0 Å². The van der Waals surface area contributed by atoms with Gasteiger partial charge in [-0.15, -0.1) is 0 Å². The molecule has 0 saturated heterocycles. The summed E-state index contributed by atoms with van der Waals surface area (Å²) in [6, 6.07) is 3.55. The van der Waals surface area contributed by atoms with Gasteiger partial charge in [0.1, 0.15) is 11.8 Å². The highest BCUT2D eigenvalue weighted by atomic mass is 16.6. The molecular weight excluding hydrogens is 244 g/mol. The topological polar surface area (TPSA) is 134 Å². The Balaban J connectivity index is 3.55. The van der Waals surface area contributed by atoms with E-state index in [1.54, 1.807) is 6.07 Å². The fraction of sp³-hybridized carbons (Fsp3) is 0.200. The second-order valence-corrected chi connectivity index (χ2v) is 3.19. The standard InChI is InChI=1S/C10H8N2O6/c1-18-9-5(8(13)10(14)15)2-3-7(12(16)17)6(9)4-11/h2-3,8,13H,1H3,(H,14,15). The van der Waals surface area contributed by atoms with Crippen LogP contribution in [0.25, 0.3) is 0 Å². The highest BCUT2D eigenvalue weighted by Crippen LogP contribution is 2.34. The maximum atomic E-state index is 10.7. The quantitative estimate of drug-likeness (QED) is 0.591. The summed E-state index contributed by atoms with van der Waals surface area (Å²) >= 11 is 0. The number of methoxy groups -OCH3 is 1. The van der Waals surface area contributed by atoms with E-state index >= 15 is 0 Å².